The summed E-state index contributed by atoms with van der Waals surface area (Å²) < 4.78 is 0. The van der Waals surface area contributed by atoms with Crippen LogP contribution >= 0.6 is 0 Å². The van der Waals surface area contributed by atoms with E-state index in [2.05, 4.69) is 184 Å². The molecule has 0 saturated heterocycles. The van der Waals surface area contributed by atoms with Gasteiger partial charge in [-0.05, 0) is 0 Å². The van der Waals surface area contributed by atoms with E-state index in [0.717, 1.165) is 0 Å². The molecule has 0 aliphatic heterocycles. The summed E-state index contributed by atoms with van der Waals surface area (Å²) in [6, 6.07) is 57.8. The molecule has 3 heteroatoms. The minimum Gasteiger partial charge on any atom is -0.126 e. The van der Waals surface area contributed by atoms with Crippen LogP contribution < -0.4 is 20.7 Å². The van der Waals surface area contributed by atoms with Crippen LogP contribution in [0.1, 0.15) is 0 Å². The molecule has 0 bridgehead atoms. The molecule has 8 aromatic rings. The predicted octanol–water partition coefficient (Wildman–Crippen LogP) is 8.69. The molecule has 0 atom stereocenters. The maximum absolute atomic E-state index is 2.45. The summed E-state index contributed by atoms with van der Waals surface area (Å²) in [5.74, 6) is 0. The van der Waals surface area contributed by atoms with Gasteiger partial charge in [0, 0.05) is 0 Å². The monoisotopic (exact) mass is 736 g/mol. The number of hydrogen-bond acceptors (Lipinski definition) is 0. The number of hydrogen-bond donors (Lipinski definition) is 0. The topological polar surface area (TPSA) is 0 Å². The van der Waals surface area contributed by atoms with Crippen molar-refractivity contribution in [2.75, 3.05) is 0 Å². The van der Waals surface area contributed by atoms with Gasteiger partial charge < -0.3 is 0 Å². The molecule has 8 rings (SSSR count). The van der Waals surface area contributed by atoms with Gasteiger partial charge in [-0.3, -0.25) is 0 Å². The van der Waals surface area contributed by atoms with Gasteiger partial charge in [-0.15, -0.1) is 77.7 Å². The van der Waals surface area contributed by atoms with E-state index < -0.39 is 16.1 Å². The Balaban J connectivity index is 0.000000155. The van der Waals surface area contributed by atoms with Crippen molar-refractivity contribution in [2.45, 2.75) is 26.2 Å². The van der Waals surface area contributed by atoms with Gasteiger partial charge in [-0.1, -0.05) is 170 Å². The fourth-order valence-corrected chi connectivity index (χ4v) is 12.5. The molecule has 0 unspecified atom stereocenters. The zero-order chi connectivity index (χ0) is 30.3. The van der Waals surface area contributed by atoms with Gasteiger partial charge in [-0.2, -0.15) is 0 Å². The third kappa shape index (κ3) is 5.90. The normalized spacial score (nSPS) is 11.8. The van der Waals surface area contributed by atoms with E-state index >= 15 is 0 Å². The molecule has 0 aliphatic rings. The minimum absolute atomic E-state index is 0. The van der Waals surface area contributed by atoms with Gasteiger partial charge >= 0.3 is 48.9 Å². The van der Waals surface area contributed by atoms with E-state index in [1.807, 2.05) is 0 Å². The summed E-state index contributed by atoms with van der Waals surface area (Å²) >= 11 is 0. The summed E-state index contributed by atoms with van der Waals surface area (Å²) in [6.45, 7) is 9.81. The summed E-state index contributed by atoms with van der Waals surface area (Å²) in [6.07, 6.45) is 0. The van der Waals surface area contributed by atoms with Crippen molar-refractivity contribution in [3.63, 3.8) is 0 Å². The molecule has 216 valence electrons. The Morgan fingerprint density at radius 1 is 0.356 bits per heavy atom. The number of benzene rings is 6. The molecule has 0 aromatic heterocycles. The summed E-state index contributed by atoms with van der Waals surface area (Å²) in [5.41, 5.74) is 0. The molecule has 0 radical (unpaired) electrons. The quantitative estimate of drug-likeness (QED) is 0.125. The second-order valence-electron chi connectivity index (χ2n) is 13.0. The molecule has 0 fully saturated rings. The Kier molecular flexibility index (Phi) is 9.29. The molecule has 0 spiro atoms. The van der Waals surface area contributed by atoms with E-state index in [-0.39, 0.29) is 48.9 Å². The van der Waals surface area contributed by atoms with E-state index in [4.69, 9.17) is 0 Å². The van der Waals surface area contributed by atoms with Crippen molar-refractivity contribution in [1.82, 2.24) is 0 Å². The zero-order valence-electron chi connectivity index (χ0n) is 26.7. The molecular formula is C42H38BaSi2. The van der Waals surface area contributed by atoms with Gasteiger partial charge in [0.1, 0.15) is 0 Å². The molecule has 0 saturated carbocycles. The fourth-order valence-electron chi connectivity index (χ4n) is 7.07. The average Bonchev–Trinajstić information content (AvgIpc) is 3.64. The van der Waals surface area contributed by atoms with Gasteiger partial charge in [0.05, 0.1) is 16.1 Å². The first kappa shape index (κ1) is 32.0. The smallest absolute Gasteiger partial charge is 0.126 e. The third-order valence-electron chi connectivity index (χ3n) is 9.65. The van der Waals surface area contributed by atoms with E-state index in [1.165, 1.54) is 63.8 Å². The summed E-state index contributed by atoms with van der Waals surface area (Å²) in [5, 5.41) is 17.2. The van der Waals surface area contributed by atoms with Crippen molar-refractivity contribution in [3.8, 4) is 0 Å². The standard InChI is InChI=1S/2C21H19Si.Ba/c2*1-22(2,17-10-4-3-5-11-17)21-14-8-13-19-18-12-7-6-9-16(18)15-20(19)21;/h2*3-15H,1-2H3;/q2*-1;+2. The van der Waals surface area contributed by atoms with Crippen LogP contribution in [-0.4, -0.2) is 65.0 Å². The van der Waals surface area contributed by atoms with Gasteiger partial charge in [0.25, 0.3) is 0 Å². The van der Waals surface area contributed by atoms with Crippen molar-refractivity contribution >= 4 is 129 Å². The van der Waals surface area contributed by atoms with Crippen molar-refractivity contribution < 1.29 is 0 Å². The maximum atomic E-state index is 2.45. The summed E-state index contributed by atoms with van der Waals surface area (Å²) in [4.78, 5) is 0. The Morgan fingerprint density at radius 2 is 0.689 bits per heavy atom. The van der Waals surface area contributed by atoms with Gasteiger partial charge in [0.15, 0.2) is 0 Å². The SMILES string of the molecule is C[Si](C)(c1ccccc1)c1cccc2c1[cH-]c1ccccc12.C[Si](C)(c1ccccc1)c1cccc2c1[cH-]c1ccccc12.[Ba+2]. The van der Waals surface area contributed by atoms with Gasteiger partial charge in [0.2, 0.25) is 0 Å². The largest absolute Gasteiger partial charge is 2.00 e. The second-order valence-corrected chi connectivity index (χ2v) is 21.7. The minimum atomic E-state index is -1.68. The zero-order valence-corrected chi connectivity index (χ0v) is 33.2. The summed E-state index contributed by atoms with van der Waals surface area (Å²) in [7, 11) is -3.37. The molecule has 0 heterocycles. The maximum Gasteiger partial charge on any atom is 2.00 e. The molecule has 0 aliphatic carbocycles. The van der Waals surface area contributed by atoms with Crippen LogP contribution in [0.2, 0.25) is 26.2 Å². The first-order valence-electron chi connectivity index (χ1n) is 15.6. The first-order valence-corrected chi connectivity index (χ1v) is 21.6. The number of rotatable bonds is 4. The molecule has 45 heavy (non-hydrogen) atoms. The fraction of sp³-hybridized carbons (Fsp3) is 0.0952. The Hall–Kier alpha value is -2.93. The van der Waals surface area contributed by atoms with Crippen molar-refractivity contribution in [1.29, 1.82) is 0 Å². The van der Waals surface area contributed by atoms with Crippen LogP contribution in [0, 0.1) is 0 Å². The van der Waals surface area contributed by atoms with Crippen molar-refractivity contribution in [2.24, 2.45) is 0 Å². The Bertz CT molecular complexity index is 2060. The predicted molar refractivity (Wildman–Crippen MR) is 206 cm³/mol. The van der Waals surface area contributed by atoms with Crippen LogP contribution in [0.3, 0.4) is 0 Å². The second kappa shape index (κ2) is 13.1. The van der Waals surface area contributed by atoms with Crippen LogP contribution in [0.25, 0.3) is 43.1 Å². The Morgan fingerprint density at radius 3 is 1.09 bits per heavy atom. The van der Waals surface area contributed by atoms with E-state index in [0.29, 0.717) is 0 Å². The number of fused-ring (bicyclic) bond motifs is 6. The third-order valence-corrected chi connectivity index (χ3v) is 16.8. The van der Waals surface area contributed by atoms with Gasteiger partial charge in [-0.25, -0.2) is 0 Å². The van der Waals surface area contributed by atoms with Crippen molar-refractivity contribution in [3.05, 3.63) is 158 Å². The van der Waals surface area contributed by atoms with Crippen LogP contribution in [-0.2, 0) is 0 Å². The molecular weight excluding hydrogens is 698 g/mol. The van der Waals surface area contributed by atoms with E-state index in [9.17, 15) is 0 Å². The first-order chi connectivity index (χ1) is 21.4. The average molecular weight is 736 g/mol. The Labute approximate surface area is 309 Å². The molecule has 0 N–H and O–H groups in total. The van der Waals surface area contributed by atoms with Crippen LogP contribution in [0.15, 0.2) is 158 Å². The van der Waals surface area contributed by atoms with E-state index in [1.54, 1.807) is 0 Å². The molecule has 8 aromatic carbocycles. The van der Waals surface area contributed by atoms with Crippen LogP contribution in [0.5, 0.6) is 0 Å². The van der Waals surface area contributed by atoms with Crippen LogP contribution in [0.4, 0.5) is 0 Å². The molecule has 0 nitrogen and oxygen atoms in total. The molecule has 0 amide bonds.